The molecule has 0 aliphatic carbocycles. The van der Waals surface area contributed by atoms with E-state index in [4.69, 9.17) is 9.47 Å². The van der Waals surface area contributed by atoms with Crippen molar-refractivity contribution in [2.75, 3.05) is 37.7 Å². The van der Waals surface area contributed by atoms with Crippen LogP contribution in [-0.4, -0.2) is 37.8 Å². The third kappa shape index (κ3) is 3.53. The topological polar surface area (TPSA) is 46.6 Å². The Hall–Kier alpha value is -2.34. The Labute approximate surface area is 135 Å². The van der Waals surface area contributed by atoms with Crippen molar-refractivity contribution in [2.24, 2.45) is 0 Å². The molecule has 3 rings (SSSR count). The number of pyridine rings is 1. The maximum Gasteiger partial charge on any atom is 0.243 e. The van der Waals surface area contributed by atoms with Gasteiger partial charge in [0.2, 0.25) is 11.6 Å². The Morgan fingerprint density at radius 3 is 2.83 bits per heavy atom. The highest BCUT2D eigenvalue weighted by molar-refractivity contribution is 5.57. The molecule has 2 heterocycles. The smallest absolute Gasteiger partial charge is 0.243 e. The van der Waals surface area contributed by atoms with E-state index < -0.39 is 5.82 Å². The third-order valence-corrected chi connectivity index (χ3v) is 3.64. The van der Waals surface area contributed by atoms with Crippen molar-refractivity contribution in [3.05, 3.63) is 42.3 Å². The average molecular weight is 317 g/mol. The van der Waals surface area contributed by atoms with Crippen LogP contribution in [0.25, 0.3) is 0 Å². The zero-order valence-corrected chi connectivity index (χ0v) is 13.1. The Morgan fingerprint density at radius 1 is 1.22 bits per heavy atom. The molecule has 1 saturated heterocycles. The molecule has 0 unspecified atom stereocenters. The predicted molar refractivity (Wildman–Crippen MR) is 87.0 cm³/mol. The molecular weight excluding hydrogens is 297 g/mol. The average Bonchev–Trinajstić information content (AvgIpc) is 2.59. The summed E-state index contributed by atoms with van der Waals surface area (Å²) in [7, 11) is 0. The van der Waals surface area contributed by atoms with Crippen LogP contribution in [0, 0.1) is 5.82 Å². The van der Waals surface area contributed by atoms with E-state index in [0.717, 1.165) is 31.9 Å². The van der Waals surface area contributed by atoms with E-state index >= 15 is 0 Å². The van der Waals surface area contributed by atoms with E-state index in [0.29, 0.717) is 18.2 Å². The molecule has 5 nitrogen and oxygen atoms in total. The van der Waals surface area contributed by atoms with Crippen LogP contribution in [0.2, 0.25) is 0 Å². The van der Waals surface area contributed by atoms with Crippen LogP contribution in [0.4, 0.5) is 10.1 Å². The minimum atomic E-state index is -0.465. The molecule has 1 aromatic carbocycles. The monoisotopic (exact) mass is 317 g/mol. The number of hydrogen-bond donors (Lipinski definition) is 1. The van der Waals surface area contributed by atoms with Crippen LogP contribution in [0.3, 0.4) is 0 Å². The number of para-hydroxylation sites is 1. The summed E-state index contributed by atoms with van der Waals surface area (Å²) < 4.78 is 25.4. The van der Waals surface area contributed by atoms with Crippen LogP contribution in [0.15, 0.2) is 36.5 Å². The highest BCUT2D eigenvalue weighted by Gasteiger charge is 2.19. The first-order chi connectivity index (χ1) is 11.3. The summed E-state index contributed by atoms with van der Waals surface area (Å²) in [5, 5.41) is 3.31. The van der Waals surface area contributed by atoms with Gasteiger partial charge in [0.25, 0.3) is 0 Å². The molecule has 122 valence electrons. The lowest BCUT2D eigenvalue weighted by molar-refractivity contribution is 0.312. The standard InChI is InChI=1S/C17H20FN3O2/c1-2-22-15-7-3-5-13(18)16(15)23-17-14(6-4-8-20-17)21-11-9-19-10-12-21/h3-8,19H,2,9-12H2,1H3. The Kier molecular flexibility index (Phi) is 4.92. The maximum absolute atomic E-state index is 14.2. The molecule has 1 N–H and O–H groups in total. The summed E-state index contributed by atoms with van der Waals surface area (Å²) in [5.41, 5.74) is 0.861. The lowest BCUT2D eigenvalue weighted by Gasteiger charge is -2.30. The molecule has 23 heavy (non-hydrogen) atoms. The molecule has 0 amide bonds. The summed E-state index contributed by atoms with van der Waals surface area (Å²) in [4.78, 5) is 6.47. The molecule has 0 atom stereocenters. The first kappa shape index (κ1) is 15.6. The normalized spacial score (nSPS) is 14.6. The van der Waals surface area contributed by atoms with Gasteiger partial charge in [-0.05, 0) is 31.2 Å². The van der Waals surface area contributed by atoms with Crippen molar-refractivity contribution in [3.63, 3.8) is 0 Å². The summed E-state index contributed by atoms with van der Waals surface area (Å²) >= 11 is 0. The van der Waals surface area contributed by atoms with Gasteiger partial charge in [0, 0.05) is 32.4 Å². The minimum absolute atomic E-state index is 0.0736. The van der Waals surface area contributed by atoms with Crippen LogP contribution in [-0.2, 0) is 0 Å². The number of piperazine rings is 1. The van der Waals surface area contributed by atoms with Gasteiger partial charge in [-0.3, -0.25) is 0 Å². The quantitative estimate of drug-likeness (QED) is 0.919. The van der Waals surface area contributed by atoms with Crippen molar-refractivity contribution in [1.29, 1.82) is 0 Å². The molecule has 0 saturated carbocycles. The molecule has 1 aliphatic rings. The number of nitrogens with one attached hydrogen (secondary N) is 1. The number of anilines is 1. The number of benzene rings is 1. The zero-order valence-electron chi connectivity index (χ0n) is 13.1. The van der Waals surface area contributed by atoms with Gasteiger partial charge >= 0.3 is 0 Å². The molecule has 0 bridgehead atoms. The minimum Gasteiger partial charge on any atom is -0.490 e. The zero-order chi connectivity index (χ0) is 16.1. The van der Waals surface area contributed by atoms with E-state index in [-0.39, 0.29) is 5.75 Å². The van der Waals surface area contributed by atoms with E-state index in [2.05, 4.69) is 15.2 Å². The lowest BCUT2D eigenvalue weighted by Crippen LogP contribution is -2.43. The van der Waals surface area contributed by atoms with Gasteiger partial charge < -0.3 is 19.7 Å². The molecule has 6 heteroatoms. The summed E-state index contributed by atoms with van der Waals surface area (Å²) in [6.07, 6.45) is 1.64. The van der Waals surface area contributed by atoms with E-state index in [9.17, 15) is 4.39 Å². The Bertz CT molecular complexity index is 660. The van der Waals surface area contributed by atoms with Crippen molar-refractivity contribution in [3.8, 4) is 17.4 Å². The Balaban J connectivity index is 1.91. The molecule has 1 fully saturated rings. The van der Waals surface area contributed by atoms with Gasteiger partial charge in [-0.2, -0.15) is 0 Å². The fourth-order valence-corrected chi connectivity index (χ4v) is 2.56. The number of ether oxygens (including phenoxy) is 2. The van der Waals surface area contributed by atoms with Crippen LogP contribution >= 0.6 is 0 Å². The largest absolute Gasteiger partial charge is 0.490 e. The van der Waals surface area contributed by atoms with Gasteiger partial charge in [-0.1, -0.05) is 6.07 Å². The van der Waals surface area contributed by atoms with E-state index in [1.165, 1.54) is 6.07 Å². The first-order valence-electron chi connectivity index (χ1n) is 7.79. The molecule has 2 aromatic rings. The van der Waals surface area contributed by atoms with Crippen LogP contribution in [0.5, 0.6) is 17.4 Å². The van der Waals surface area contributed by atoms with Crippen molar-refractivity contribution in [2.45, 2.75) is 6.92 Å². The predicted octanol–water partition coefficient (Wildman–Crippen LogP) is 2.82. The van der Waals surface area contributed by atoms with Crippen molar-refractivity contribution in [1.82, 2.24) is 10.3 Å². The molecule has 0 spiro atoms. The van der Waals surface area contributed by atoms with Gasteiger partial charge in [-0.25, -0.2) is 9.37 Å². The second kappa shape index (κ2) is 7.28. The number of hydrogen-bond acceptors (Lipinski definition) is 5. The molecule has 0 radical (unpaired) electrons. The van der Waals surface area contributed by atoms with Gasteiger partial charge in [0.05, 0.1) is 6.61 Å². The summed E-state index contributed by atoms with van der Waals surface area (Å²) in [6, 6.07) is 8.44. The second-order valence-electron chi connectivity index (χ2n) is 5.17. The maximum atomic E-state index is 14.2. The van der Waals surface area contributed by atoms with Crippen LogP contribution < -0.4 is 19.7 Å². The second-order valence-corrected chi connectivity index (χ2v) is 5.17. The first-order valence-corrected chi connectivity index (χ1v) is 7.79. The summed E-state index contributed by atoms with van der Waals surface area (Å²) in [6.45, 7) is 5.81. The highest BCUT2D eigenvalue weighted by atomic mass is 19.1. The lowest BCUT2D eigenvalue weighted by atomic mass is 10.3. The third-order valence-electron chi connectivity index (χ3n) is 3.64. The molecule has 1 aromatic heterocycles. The number of aromatic nitrogens is 1. The van der Waals surface area contributed by atoms with Gasteiger partial charge in [-0.15, -0.1) is 0 Å². The molecular formula is C17H20FN3O2. The van der Waals surface area contributed by atoms with E-state index in [1.807, 2.05) is 19.1 Å². The Morgan fingerprint density at radius 2 is 2.04 bits per heavy atom. The van der Waals surface area contributed by atoms with Gasteiger partial charge in [0.1, 0.15) is 5.69 Å². The number of rotatable bonds is 5. The van der Waals surface area contributed by atoms with E-state index in [1.54, 1.807) is 18.3 Å². The SMILES string of the molecule is CCOc1cccc(F)c1Oc1ncccc1N1CCNCC1. The fraction of sp³-hybridized carbons (Fsp3) is 0.353. The summed E-state index contributed by atoms with van der Waals surface area (Å²) in [5.74, 6) is 0.377. The van der Waals surface area contributed by atoms with Crippen molar-refractivity contribution >= 4 is 5.69 Å². The van der Waals surface area contributed by atoms with Gasteiger partial charge in [0.15, 0.2) is 11.6 Å². The highest BCUT2D eigenvalue weighted by Crippen LogP contribution is 2.37. The fourth-order valence-electron chi connectivity index (χ4n) is 2.56. The number of halogens is 1. The molecule has 1 aliphatic heterocycles. The number of nitrogens with zero attached hydrogens (tertiary/aromatic N) is 2. The van der Waals surface area contributed by atoms with Crippen molar-refractivity contribution < 1.29 is 13.9 Å². The van der Waals surface area contributed by atoms with Crippen LogP contribution in [0.1, 0.15) is 6.92 Å².